The number of hydrogen-bond donors (Lipinski definition) is 0. The summed E-state index contributed by atoms with van der Waals surface area (Å²) in [7, 11) is 2.03. The molecule has 0 unspecified atom stereocenters. The van der Waals surface area contributed by atoms with Gasteiger partial charge in [0.25, 0.3) is 0 Å². The standard InChI is InChI=1S/C12H17N/c1-4-8-11-9-6-7-10-12(11)13(3)5-2/h5-7,9-10H,2,4,8H2,1,3H3. The second-order valence-electron chi connectivity index (χ2n) is 3.17. The van der Waals surface area contributed by atoms with Gasteiger partial charge >= 0.3 is 0 Å². The van der Waals surface area contributed by atoms with Crippen LogP contribution in [0.15, 0.2) is 37.0 Å². The molecule has 0 N–H and O–H groups in total. The number of rotatable bonds is 4. The highest BCUT2D eigenvalue weighted by atomic mass is 15.1. The molecule has 0 amide bonds. The van der Waals surface area contributed by atoms with Crippen LogP contribution < -0.4 is 4.90 Å². The molecule has 1 nitrogen and oxygen atoms in total. The molecule has 1 heteroatoms. The first-order chi connectivity index (χ1) is 6.29. The fraction of sp³-hybridized carbons (Fsp3) is 0.333. The lowest BCUT2D eigenvalue weighted by atomic mass is 10.1. The maximum absolute atomic E-state index is 3.76. The molecule has 0 aliphatic heterocycles. The van der Waals surface area contributed by atoms with Gasteiger partial charge in [0.15, 0.2) is 0 Å². The maximum Gasteiger partial charge on any atom is 0.0435 e. The molecule has 0 heterocycles. The van der Waals surface area contributed by atoms with Crippen LogP contribution in [0.4, 0.5) is 5.69 Å². The third-order valence-corrected chi connectivity index (χ3v) is 2.16. The summed E-state index contributed by atoms with van der Waals surface area (Å²) in [5.74, 6) is 0. The molecule has 0 atom stereocenters. The molecule has 0 aliphatic rings. The van der Waals surface area contributed by atoms with Crippen LogP contribution in [0, 0.1) is 0 Å². The van der Waals surface area contributed by atoms with Crippen molar-refractivity contribution in [2.75, 3.05) is 11.9 Å². The second kappa shape index (κ2) is 4.70. The molecule has 70 valence electrons. The Morgan fingerprint density at radius 1 is 1.38 bits per heavy atom. The first kappa shape index (κ1) is 9.85. The van der Waals surface area contributed by atoms with Gasteiger partial charge in [-0.2, -0.15) is 0 Å². The largest absolute Gasteiger partial charge is 0.351 e. The average Bonchev–Trinajstić information content (AvgIpc) is 2.18. The lowest BCUT2D eigenvalue weighted by Gasteiger charge is -2.17. The van der Waals surface area contributed by atoms with Gasteiger partial charge in [0.2, 0.25) is 0 Å². The lowest BCUT2D eigenvalue weighted by molar-refractivity contribution is 0.916. The predicted octanol–water partition coefficient (Wildman–Crippen LogP) is 3.22. The summed E-state index contributed by atoms with van der Waals surface area (Å²) in [4.78, 5) is 2.06. The number of nitrogens with zero attached hydrogens (tertiary/aromatic N) is 1. The van der Waals surface area contributed by atoms with E-state index in [4.69, 9.17) is 0 Å². The number of anilines is 1. The minimum Gasteiger partial charge on any atom is -0.351 e. The van der Waals surface area contributed by atoms with Crippen molar-refractivity contribution in [1.82, 2.24) is 0 Å². The maximum atomic E-state index is 3.76. The first-order valence-corrected chi connectivity index (χ1v) is 4.73. The normalized spacial score (nSPS) is 9.69. The van der Waals surface area contributed by atoms with E-state index in [1.165, 1.54) is 17.7 Å². The fourth-order valence-corrected chi connectivity index (χ4v) is 1.43. The molecular weight excluding hydrogens is 158 g/mol. The molecule has 0 saturated heterocycles. The highest BCUT2D eigenvalue weighted by Crippen LogP contribution is 2.20. The van der Waals surface area contributed by atoms with Gasteiger partial charge in [-0.3, -0.25) is 0 Å². The molecule has 0 aromatic heterocycles. The van der Waals surface area contributed by atoms with Gasteiger partial charge in [-0.05, 0) is 24.3 Å². The third-order valence-electron chi connectivity index (χ3n) is 2.16. The van der Waals surface area contributed by atoms with Crippen LogP contribution in [-0.2, 0) is 6.42 Å². The Bertz CT molecular complexity index is 278. The molecule has 0 bridgehead atoms. The first-order valence-electron chi connectivity index (χ1n) is 4.73. The van der Waals surface area contributed by atoms with E-state index in [-0.39, 0.29) is 0 Å². The Hall–Kier alpha value is -1.24. The van der Waals surface area contributed by atoms with E-state index in [9.17, 15) is 0 Å². The predicted molar refractivity (Wildman–Crippen MR) is 59.0 cm³/mol. The number of benzene rings is 1. The molecule has 0 radical (unpaired) electrons. The molecule has 1 aromatic rings. The van der Waals surface area contributed by atoms with Gasteiger partial charge in [-0.15, -0.1) is 0 Å². The SMILES string of the molecule is C=CN(C)c1ccccc1CCC. The van der Waals surface area contributed by atoms with Crippen LogP contribution >= 0.6 is 0 Å². The van der Waals surface area contributed by atoms with Crippen molar-refractivity contribution in [2.24, 2.45) is 0 Å². The lowest BCUT2D eigenvalue weighted by Crippen LogP contribution is -2.09. The van der Waals surface area contributed by atoms with Gasteiger partial charge in [-0.1, -0.05) is 38.1 Å². The van der Waals surface area contributed by atoms with Crippen LogP contribution in [0.2, 0.25) is 0 Å². The highest BCUT2D eigenvalue weighted by Gasteiger charge is 2.02. The van der Waals surface area contributed by atoms with Crippen molar-refractivity contribution in [1.29, 1.82) is 0 Å². The summed E-state index contributed by atoms with van der Waals surface area (Å²) in [5, 5.41) is 0. The van der Waals surface area contributed by atoms with Crippen molar-refractivity contribution < 1.29 is 0 Å². The Kier molecular flexibility index (Phi) is 3.56. The minimum absolute atomic E-state index is 1.13. The zero-order chi connectivity index (χ0) is 9.68. The van der Waals surface area contributed by atoms with Crippen molar-refractivity contribution in [2.45, 2.75) is 19.8 Å². The van der Waals surface area contributed by atoms with E-state index in [1.54, 1.807) is 0 Å². The smallest absolute Gasteiger partial charge is 0.0435 e. The molecule has 0 aliphatic carbocycles. The molecule has 1 aromatic carbocycles. The zero-order valence-electron chi connectivity index (χ0n) is 8.46. The van der Waals surface area contributed by atoms with Gasteiger partial charge < -0.3 is 4.90 Å². The monoisotopic (exact) mass is 175 g/mol. The Labute approximate surface area is 80.7 Å². The van der Waals surface area contributed by atoms with Gasteiger partial charge in [-0.25, -0.2) is 0 Å². The third kappa shape index (κ3) is 2.35. The number of hydrogen-bond acceptors (Lipinski definition) is 1. The summed E-state index contributed by atoms with van der Waals surface area (Å²) in [5.41, 5.74) is 2.66. The van der Waals surface area contributed by atoms with Crippen LogP contribution in [0.1, 0.15) is 18.9 Å². The van der Waals surface area contributed by atoms with E-state index in [0.29, 0.717) is 0 Å². The molecule has 1 rings (SSSR count). The van der Waals surface area contributed by atoms with Crippen molar-refractivity contribution in [3.05, 3.63) is 42.6 Å². The summed E-state index contributed by atoms with van der Waals surface area (Å²) in [6, 6.07) is 8.46. The van der Waals surface area contributed by atoms with Crippen molar-refractivity contribution in [3.63, 3.8) is 0 Å². The highest BCUT2D eigenvalue weighted by molar-refractivity contribution is 5.54. The number of para-hydroxylation sites is 1. The number of aryl methyl sites for hydroxylation is 1. The van der Waals surface area contributed by atoms with E-state index >= 15 is 0 Å². The molecule has 0 spiro atoms. The average molecular weight is 175 g/mol. The van der Waals surface area contributed by atoms with Gasteiger partial charge in [0.1, 0.15) is 0 Å². The summed E-state index contributed by atoms with van der Waals surface area (Å²) >= 11 is 0. The van der Waals surface area contributed by atoms with Crippen LogP contribution in [0.25, 0.3) is 0 Å². The van der Waals surface area contributed by atoms with Crippen molar-refractivity contribution in [3.8, 4) is 0 Å². The quantitative estimate of drug-likeness (QED) is 0.679. The summed E-state index contributed by atoms with van der Waals surface area (Å²) < 4.78 is 0. The molecule has 0 saturated carbocycles. The Balaban J connectivity index is 2.96. The van der Waals surface area contributed by atoms with E-state index in [0.717, 1.165) is 6.42 Å². The van der Waals surface area contributed by atoms with E-state index in [2.05, 4.69) is 42.7 Å². The van der Waals surface area contributed by atoms with Crippen LogP contribution in [0.5, 0.6) is 0 Å². The summed E-state index contributed by atoms with van der Waals surface area (Å²) in [6.07, 6.45) is 4.16. The van der Waals surface area contributed by atoms with E-state index in [1.807, 2.05) is 13.2 Å². The van der Waals surface area contributed by atoms with Crippen LogP contribution in [0.3, 0.4) is 0 Å². The fourth-order valence-electron chi connectivity index (χ4n) is 1.43. The van der Waals surface area contributed by atoms with Gasteiger partial charge in [0, 0.05) is 12.7 Å². The molecule has 13 heavy (non-hydrogen) atoms. The Morgan fingerprint density at radius 3 is 2.69 bits per heavy atom. The molecule has 0 fully saturated rings. The van der Waals surface area contributed by atoms with Crippen LogP contribution in [-0.4, -0.2) is 7.05 Å². The van der Waals surface area contributed by atoms with Gasteiger partial charge in [0.05, 0.1) is 0 Å². The second-order valence-corrected chi connectivity index (χ2v) is 3.17. The Morgan fingerprint density at radius 2 is 2.08 bits per heavy atom. The van der Waals surface area contributed by atoms with Crippen molar-refractivity contribution >= 4 is 5.69 Å². The zero-order valence-corrected chi connectivity index (χ0v) is 8.46. The topological polar surface area (TPSA) is 3.24 Å². The van der Waals surface area contributed by atoms with E-state index < -0.39 is 0 Å². The summed E-state index contributed by atoms with van der Waals surface area (Å²) in [6.45, 7) is 5.96. The minimum atomic E-state index is 1.13. The molecular formula is C12H17N.